The topological polar surface area (TPSA) is 101 Å². The van der Waals surface area contributed by atoms with Crippen LogP contribution in [0.15, 0.2) is 66.9 Å². The predicted octanol–water partition coefficient (Wildman–Crippen LogP) is 6.01. The maximum Gasteiger partial charge on any atom is 0.247 e. The van der Waals surface area contributed by atoms with Gasteiger partial charge in [0, 0.05) is 47.5 Å². The first kappa shape index (κ1) is 29.4. The molecule has 220 valence electrons. The lowest BCUT2D eigenvalue weighted by Gasteiger charge is -2.36. The second-order valence-corrected chi connectivity index (χ2v) is 10.9. The Labute approximate surface area is 250 Å². The van der Waals surface area contributed by atoms with E-state index in [2.05, 4.69) is 10.3 Å². The van der Waals surface area contributed by atoms with Crippen LogP contribution < -0.4 is 24.6 Å². The molecule has 0 unspecified atom stereocenters. The highest BCUT2D eigenvalue weighted by Crippen LogP contribution is 2.35. The van der Waals surface area contributed by atoms with Crippen molar-refractivity contribution >= 4 is 46.5 Å². The van der Waals surface area contributed by atoms with Crippen molar-refractivity contribution in [1.29, 1.82) is 0 Å². The van der Waals surface area contributed by atoms with E-state index in [0.29, 0.717) is 47.7 Å². The van der Waals surface area contributed by atoms with Crippen LogP contribution in [0, 0.1) is 0 Å². The van der Waals surface area contributed by atoms with Gasteiger partial charge >= 0.3 is 0 Å². The van der Waals surface area contributed by atoms with Crippen LogP contribution in [0.25, 0.3) is 0 Å². The minimum absolute atomic E-state index is 0.0416. The Balaban J connectivity index is 1.34. The summed E-state index contributed by atoms with van der Waals surface area (Å²) in [4.78, 5) is 47.6. The number of carbonyl (C=O) groups is 3. The van der Waals surface area contributed by atoms with Crippen LogP contribution in [0.1, 0.15) is 51.4 Å². The average molecular weight is 591 g/mol. The minimum Gasteiger partial charge on any atom is -0.486 e. The first-order valence-electron chi connectivity index (χ1n) is 14.5. The molecule has 3 aromatic rings. The second kappa shape index (κ2) is 14.2. The Morgan fingerprint density at radius 3 is 2.33 bits per heavy atom. The van der Waals surface area contributed by atoms with Crippen LogP contribution >= 0.6 is 11.6 Å². The van der Waals surface area contributed by atoms with E-state index in [1.165, 1.54) is 4.90 Å². The third-order valence-corrected chi connectivity index (χ3v) is 7.72. The largest absolute Gasteiger partial charge is 0.486 e. The zero-order valence-corrected chi connectivity index (χ0v) is 24.2. The normalized spacial score (nSPS) is 14.6. The van der Waals surface area contributed by atoms with E-state index in [9.17, 15) is 14.4 Å². The van der Waals surface area contributed by atoms with Gasteiger partial charge in [-0.25, -0.2) is 4.98 Å². The highest BCUT2D eigenvalue weighted by molar-refractivity contribution is 6.30. The summed E-state index contributed by atoms with van der Waals surface area (Å²) in [5, 5.41) is 3.33. The summed E-state index contributed by atoms with van der Waals surface area (Å²) in [5.74, 6) is 0.920. The number of aromatic nitrogens is 1. The highest BCUT2D eigenvalue weighted by Gasteiger charge is 2.30. The molecule has 1 aromatic heterocycles. The van der Waals surface area contributed by atoms with Gasteiger partial charge < -0.3 is 24.6 Å². The van der Waals surface area contributed by atoms with Crippen LogP contribution in [0.3, 0.4) is 0 Å². The molecule has 0 bridgehead atoms. The van der Waals surface area contributed by atoms with Gasteiger partial charge in [-0.2, -0.15) is 0 Å². The number of halogens is 1. The summed E-state index contributed by atoms with van der Waals surface area (Å²) in [5.41, 5.74) is 1.30. The molecular formula is C32H35ClN4O5. The van der Waals surface area contributed by atoms with E-state index < -0.39 is 0 Å². The van der Waals surface area contributed by atoms with E-state index in [1.807, 2.05) is 17.0 Å². The Morgan fingerprint density at radius 1 is 0.857 bits per heavy atom. The molecule has 0 spiro atoms. The molecule has 1 saturated carbocycles. The van der Waals surface area contributed by atoms with Crippen molar-refractivity contribution in [3.8, 4) is 11.5 Å². The molecule has 42 heavy (non-hydrogen) atoms. The summed E-state index contributed by atoms with van der Waals surface area (Å²) in [6, 6.07) is 17.8. The van der Waals surface area contributed by atoms with Crippen molar-refractivity contribution in [3.05, 3.63) is 71.9 Å². The fourth-order valence-electron chi connectivity index (χ4n) is 5.41. The molecule has 1 aliphatic carbocycles. The minimum atomic E-state index is -0.259. The summed E-state index contributed by atoms with van der Waals surface area (Å²) < 4.78 is 11.4. The highest BCUT2D eigenvalue weighted by atomic mass is 35.5. The van der Waals surface area contributed by atoms with Gasteiger partial charge in [0.2, 0.25) is 17.7 Å². The smallest absolute Gasteiger partial charge is 0.247 e. The van der Waals surface area contributed by atoms with Crippen molar-refractivity contribution < 1.29 is 23.9 Å². The van der Waals surface area contributed by atoms with Gasteiger partial charge in [-0.1, -0.05) is 36.9 Å². The molecule has 0 saturated heterocycles. The zero-order valence-electron chi connectivity index (χ0n) is 23.5. The van der Waals surface area contributed by atoms with Crippen LogP contribution in [0.2, 0.25) is 5.02 Å². The van der Waals surface area contributed by atoms with Gasteiger partial charge in [-0.3, -0.25) is 14.4 Å². The fourth-order valence-corrected chi connectivity index (χ4v) is 5.54. The number of hydrogen-bond donors (Lipinski definition) is 1. The number of carbonyl (C=O) groups excluding carboxylic acids is 3. The molecule has 0 atom stereocenters. The van der Waals surface area contributed by atoms with Gasteiger partial charge in [0.1, 0.15) is 25.6 Å². The maximum absolute atomic E-state index is 14.1. The number of rotatable bonds is 10. The molecule has 2 heterocycles. The molecule has 10 heteroatoms. The van der Waals surface area contributed by atoms with Crippen LogP contribution in [-0.2, 0) is 14.4 Å². The van der Waals surface area contributed by atoms with Crippen molar-refractivity contribution in [3.63, 3.8) is 0 Å². The molecule has 5 rings (SSSR count). The van der Waals surface area contributed by atoms with Crippen LogP contribution in [0.5, 0.6) is 11.5 Å². The van der Waals surface area contributed by atoms with Crippen molar-refractivity contribution in [2.75, 3.05) is 34.9 Å². The van der Waals surface area contributed by atoms with E-state index >= 15 is 0 Å². The van der Waals surface area contributed by atoms with E-state index in [-0.39, 0.29) is 43.1 Å². The van der Waals surface area contributed by atoms with E-state index in [0.717, 1.165) is 37.8 Å². The molecule has 3 amide bonds. The third-order valence-electron chi connectivity index (χ3n) is 7.47. The number of pyridine rings is 1. The molecule has 2 aliphatic rings. The van der Waals surface area contributed by atoms with Crippen molar-refractivity contribution in [2.45, 2.75) is 57.4 Å². The first-order valence-corrected chi connectivity index (χ1v) is 14.8. The Hall–Kier alpha value is -4.11. The number of nitrogens with one attached hydrogen (secondary N) is 1. The molecule has 1 N–H and O–H groups in total. The number of anilines is 3. The lowest BCUT2D eigenvalue weighted by Crippen LogP contribution is -2.48. The Bertz CT molecular complexity index is 1380. The van der Waals surface area contributed by atoms with Gasteiger partial charge in [0.05, 0.1) is 0 Å². The van der Waals surface area contributed by atoms with E-state index in [1.54, 1.807) is 54.7 Å². The Kier molecular flexibility index (Phi) is 9.92. The number of fused-ring (bicyclic) bond motifs is 1. The number of amides is 3. The number of hydrogen-bond acceptors (Lipinski definition) is 6. The molecule has 1 aliphatic heterocycles. The zero-order chi connectivity index (χ0) is 29.3. The third kappa shape index (κ3) is 7.59. The molecular weight excluding hydrogens is 556 g/mol. The monoisotopic (exact) mass is 590 g/mol. The molecule has 2 aromatic carbocycles. The van der Waals surface area contributed by atoms with Gasteiger partial charge in [-0.15, -0.1) is 0 Å². The summed E-state index contributed by atoms with van der Waals surface area (Å²) >= 11 is 6.15. The lowest BCUT2D eigenvalue weighted by molar-refractivity contribution is -0.123. The van der Waals surface area contributed by atoms with E-state index in [4.69, 9.17) is 21.1 Å². The van der Waals surface area contributed by atoms with Crippen molar-refractivity contribution in [2.24, 2.45) is 0 Å². The molecule has 9 nitrogen and oxygen atoms in total. The predicted molar refractivity (Wildman–Crippen MR) is 162 cm³/mol. The quantitative estimate of drug-likeness (QED) is 0.310. The van der Waals surface area contributed by atoms with Gasteiger partial charge in [0.15, 0.2) is 11.5 Å². The molecule has 0 radical (unpaired) electrons. The summed E-state index contributed by atoms with van der Waals surface area (Å²) in [6.45, 7) is 0.698. The summed E-state index contributed by atoms with van der Waals surface area (Å²) in [7, 11) is 0. The van der Waals surface area contributed by atoms with Crippen LogP contribution in [0.4, 0.5) is 17.2 Å². The van der Waals surface area contributed by atoms with Crippen molar-refractivity contribution in [1.82, 2.24) is 4.98 Å². The van der Waals surface area contributed by atoms with Crippen LogP contribution in [-0.4, -0.2) is 48.5 Å². The SMILES string of the molecule is O=C(CCCC(=O)N(CC(=O)N(c1ccc(Cl)cc1)C1CCCCC1)c1ccc2c(c1)OCCO2)Nc1ccccn1. The maximum atomic E-state index is 14.1. The van der Waals surface area contributed by atoms with Gasteiger partial charge in [0.25, 0.3) is 0 Å². The first-order chi connectivity index (χ1) is 20.5. The number of ether oxygens (including phenoxy) is 2. The molecule has 1 fully saturated rings. The Morgan fingerprint density at radius 2 is 1.60 bits per heavy atom. The van der Waals surface area contributed by atoms with Gasteiger partial charge in [-0.05, 0) is 67.8 Å². The fraction of sp³-hybridized carbons (Fsp3) is 0.375. The second-order valence-electron chi connectivity index (χ2n) is 10.5. The average Bonchev–Trinajstić information content (AvgIpc) is 3.01. The standard InChI is InChI=1S/C32H35ClN4O5/c33-23-12-14-25(15-13-23)37(24-7-2-1-3-8-24)32(40)22-36(26-16-17-27-28(21-26)42-20-19-41-27)31(39)11-6-10-30(38)35-29-9-4-5-18-34-29/h4-5,9,12-18,21,24H,1-3,6-8,10-11,19-20,22H2,(H,34,35,38). The lowest BCUT2D eigenvalue weighted by atomic mass is 9.93. The summed E-state index contributed by atoms with van der Waals surface area (Å²) in [6.07, 6.45) is 7.19. The number of nitrogens with zero attached hydrogens (tertiary/aromatic N) is 3. The number of benzene rings is 2.